The van der Waals surface area contributed by atoms with Gasteiger partial charge in [0.2, 0.25) is 0 Å². The first-order valence-corrected chi connectivity index (χ1v) is 8.90. The number of hydrogen-bond donors (Lipinski definition) is 1. The van der Waals surface area contributed by atoms with Crippen LogP contribution in [0, 0.1) is 0 Å². The molecule has 1 N–H and O–H groups in total. The molecule has 4 aromatic rings. The van der Waals surface area contributed by atoms with Gasteiger partial charge in [0.25, 0.3) is 0 Å². The Labute approximate surface area is 160 Å². The van der Waals surface area contributed by atoms with Crippen LogP contribution < -0.4 is 0 Å². The van der Waals surface area contributed by atoms with Gasteiger partial charge in [0.15, 0.2) is 0 Å². The molecule has 0 aliphatic rings. The number of carboxylic acid groups (broad SMARTS) is 1. The van der Waals surface area contributed by atoms with Crippen molar-refractivity contribution in [1.29, 1.82) is 0 Å². The van der Waals surface area contributed by atoms with Crippen LogP contribution >= 0.6 is 23.2 Å². The van der Waals surface area contributed by atoms with Crippen LogP contribution in [0.1, 0.15) is 17.0 Å². The Hall–Kier alpha value is -2.55. The Bertz CT molecular complexity index is 1150. The van der Waals surface area contributed by atoms with Crippen molar-refractivity contribution < 1.29 is 9.90 Å². The summed E-state index contributed by atoms with van der Waals surface area (Å²) in [6, 6.07) is 22.7. The largest absolute Gasteiger partial charge is 0.481 e. The van der Waals surface area contributed by atoms with Crippen LogP contribution in [-0.2, 0) is 4.79 Å². The van der Waals surface area contributed by atoms with Gasteiger partial charge in [-0.3, -0.25) is 4.79 Å². The van der Waals surface area contributed by atoms with Crippen molar-refractivity contribution in [3.63, 3.8) is 0 Å². The molecule has 4 aromatic carbocycles. The third kappa shape index (κ3) is 2.72. The fourth-order valence-electron chi connectivity index (χ4n) is 3.51. The first-order valence-electron chi connectivity index (χ1n) is 8.15. The van der Waals surface area contributed by atoms with Gasteiger partial charge >= 0.3 is 5.97 Å². The number of halogens is 2. The second-order valence-corrected chi connectivity index (χ2v) is 6.93. The average molecular weight is 381 g/mol. The zero-order valence-electron chi connectivity index (χ0n) is 13.6. The second-order valence-electron chi connectivity index (χ2n) is 6.15. The number of hydrogen-bond acceptors (Lipinski definition) is 1. The summed E-state index contributed by atoms with van der Waals surface area (Å²) >= 11 is 12.8. The van der Waals surface area contributed by atoms with Crippen LogP contribution in [0.5, 0.6) is 0 Å². The predicted molar refractivity (Wildman–Crippen MR) is 107 cm³/mol. The molecule has 4 rings (SSSR count). The molecule has 2 nitrogen and oxygen atoms in total. The van der Waals surface area contributed by atoms with Crippen LogP contribution in [0.3, 0.4) is 0 Å². The molecule has 0 spiro atoms. The SMILES string of the molecule is O=C(O)C(c1cccc2ccccc12)c1c(Cl)c(Cl)cc2ccccc12. The number of carboxylic acids is 1. The summed E-state index contributed by atoms with van der Waals surface area (Å²) < 4.78 is 0. The van der Waals surface area contributed by atoms with Crippen LogP contribution in [0.4, 0.5) is 0 Å². The van der Waals surface area contributed by atoms with Crippen LogP contribution in [0.25, 0.3) is 21.5 Å². The third-order valence-electron chi connectivity index (χ3n) is 4.65. The molecule has 0 aromatic heterocycles. The summed E-state index contributed by atoms with van der Waals surface area (Å²) in [6.45, 7) is 0. The number of rotatable bonds is 3. The zero-order valence-corrected chi connectivity index (χ0v) is 15.1. The molecule has 1 atom stereocenters. The van der Waals surface area contributed by atoms with Gasteiger partial charge in [-0.25, -0.2) is 0 Å². The highest BCUT2D eigenvalue weighted by molar-refractivity contribution is 6.43. The van der Waals surface area contributed by atoms with E-state index in [9.17, 15) is 9.90 Å². The summed E-state index contributed by atoms with van der Waals surface area (Å²) in [5.74, 6) is -1.88. The first-order chi connectivity index (χ1) is 12.6. The fraction of sp³-hybridized carbons (Fsp3) is 0.0455. The minimum atomic E-state index is -0.962. The Morgan fingerprint density at radius 2 is 1.42 bits per heavy atom. The molecule has 0 saturated carbocycles. The number of fused-ring (bicyclic) bond motifs is 2. The number of aliphatic carboxylic acids is 1. The highest BCUT2D eigenvalue weighted by atomic mass is 35.5. The summed E-state index contributed by atoms with van der Waals surface area (Å²) in [5, 5.41) is 14.3. The zero-order chi connectivity index (χ0) is 18.3. The standard InChI is InChI=1S/C22H14Cl2O2/c23-18-12-14-7-2-4-10-16(14)19(21(18)24)20(22(25)26)17-11-5-8-13-6-1-3-9-15(13)17/h1-12,20H,(H,25,26). The second kappa shape index (κ2) is 6.64. The molecule has 0 aliphatic heterocycles. The lowest BCUT2D eigenvalue weighted by atomic mass is 9.85. The predicted octanol–water partition coefficient (Wildman–Crippen LogP) is 6.52. The van der Waals surface area contributed by atoms with Crippen molar-refractivity contribution in [3.05, 3.63) is 94.0 Å². The molecule has 0 heterocycles. The topological polar surface area (TPSA) is 37.3 Å². The minimum Gasteiger partial charge on any atom is -0.481 e. The van der Waals surface area contributed by atoms with Crippen LogP contribution in [-0.4, -0.2) is 11.1 Å². The molecule has 26 heavy (non-hydrogen) atoms. The van der Waals surface area contributed by atoms with Crippen molar-refractivity contribution in [2.24, 2.45) is 0 Å². The van der Waals surface area contributed by atoms with E-state index in [1.165, 1.54) is 0 Å². The maximum Gasteiger partial charge on any atom is 0.315 e. The van der Waals surface area contributed by atoms with Gasteiger partial charge in [-0.1, -0.05) is 89.9 Å². The first kappa shape index (κ1) is 16.9. The highest BCUT2D eigenvalue weighted by Gasteiger charge is 2.29. The van der Waals surface area contributed by atoms with E-state index in [0.29, 0.717) is 16.1 Å². The lowest BCUT2D eigenvalue weighted by molar-refractivity contribution is -0.137. The number of benzene rings is 4. The van der Waals surface area contributed by atoms with E-state index in [1.54, 1.807) is 6.07 Å². The Morgan fingerprint density at radius 1 is 0.808 bits per heavy atom. The quantitative estimate of drug-likeness (QED) is 0.439. The summed E-state index contributed by atoms with van der Waals surface area (Å²) in [5.41, 5.74) is 1.23. The van der Waals surface area contributed by atoms with Gasteiger partial charge in [0, 0.05) is 0 Å². The lowest BCUT2D eigenvalue weighted by Gasteiger charge is -2.20. The van der Waals surface area contributed by atoms with Crippen molar-refractivity contribution in [2.45, 2.75) is 5.92 Å². The Balaban J connectivity index is 2.10. The van der Waals surface area contributed by atoms with Crippen molar-refractivity contribution >= 4 is 50.7 Å². The highest BCUT2D eigenvalue weighted by Crippen LogP contribution is 2.42. The molecule has 1 unspecified atom stereocenters. The Kier molecular flexibility index (Phi) is 4.31. The van der Waals surface area contributed by atoms with E-state index >= 15 is 0 Å². The van der Waals surface area contributed by atoms with Crippen molar-refractivity contribution in [1.82, 2.24) is 0 Å². The minimum absolute atomic E-state index is 0.283. The molecule has 0 fully saturated rings. The summed E-state index contributed by atoms with van der Waals surface area (Å²) in [4.78, 5) is 12.3. The van der Waals surface area contributed by atoms with E-state index in [0.717, 1.165) is 21.5 Å². The average Bonchev–Trinajstić information content (AvgIpc) is 2.65. The van der Waals surface area contributed by atoms with Crippen LogP contribution in [0.15, 0.2) is 72.8 Å². The van der Waals surface area contributed by atoms with Gasteiger partial charge in [-0.05, 0) is 38.7 Å². The molecule has 0 bridgehead atoms. The van der Waals surface area contributed by atoms with E-state index in [2.05, 4.69) is 0 Å². The van der Waals surface area contributed by atoms with Gasteiger partial charge in [0.05, 0.1) is 10.0 Å². The summed E-state index contributed by atoms with van der Waals surface area (Å²) in [7, 11) is 0. The molecule has 0 aliphatic carbocycles. The fourth-order valence-corrected chi connectivity index (χ4v) is 4.00. The van der Waals surface area contributed by atoms with E-state index in [-0.39, 0.29) is 5.02 Å². The maximum absolute atomic E-state index is 12.3. The molecular weight excluding hydrogens is 367 g/mol. The van der Waals surface area contributed by atoms with Gasteiger partial charge < -0.3 is 5.11 Å². The summed E-state index contributed by atoms with van der Waals surface area (Å²) in [6.07, 6.45) is 0. The smallest absolute Gasteiger partial charge is 0.315 e. The van der Waals surface area contributed by atoms with E-state index < -0.39 is 11.9 Å². The normalized spacial score (nSPS) is 12.4. The maximum atomic E-state index is 12.3. The van der Waals surface area contributed by atoms with Gasteiger partial charge in [-0.15, -0.1) is 0 Å². The van der Waals surface area contributed by atoms with E-state index in [1.807, 2.05) is 66.7 Å². The monoisotopic (exact) mass is 380 g/mol. The van der Waals surface area contributed by atoms with Crippen molar-refractivity contribution in [2.75, 3.05) is 0 Å². The van der Waals surface area contributed by atoms with Gasteiger partial charge in [0.1, 0.15) is 5.92 Å². The molecule has 128 valence electrons. The number of carbonyl (C=O) groups is 1. The Morgan fingerprint density at radius 3 is 2.15 bits per heavy atom. The van der Waals surface area contributed by atoms with E-state index in [4.69, 9.17) is 23.2 Å². The molecule has 0 saturated heterocycles. The molecular formula is C22H14Cl2O2. The molecule has 0 radical (unpaired) electrons. The van der Waals surface area contributed by atoms with Crippen molar-refractivity contribution in [3.8, 4) is 0 Å². The third-order valence-corrected chi connectivity index (χ3v) is 5.45. The van der Waals surface area contributed by atoms with Crippen LogP contribution in [0.2, 0.25) is 10.0 Å². The molecule has 0 amide bonds. The molecule has 4 heteroatoms. The lowest BCUT2D eigenvalue weighted by Crippen LogP contribution is -2.15. The van der Waals surface area contributed by atoms with Gasteiger partial charge in [-0.2, -0.15) is 0 Å².